The molecule has 0 radical (unpaired) electrons. The van der Waals surface area contributed by atoms with Crippen molar-refractivity contribution < 1.29 is 4.74 Å². The lowest BCUT2D eigenvalue weighted by atomic mass is 10.1. The van der Waals surface area contributed by atoms with Crippen LogP contribution in [0.4, 0.5) is 0 Å². The fourth-order valence-electron chi connectivity index (χ4n) is 1.78. The molecule has 1 saturated heterocycles. The zero-order chi connectivity index (χ0) is 10.4. The number of rotatable bonds is 5. The van der Waals surface area contributed by atoms with Crippen molar-refractivity contribution in [1.29, 1.82) is 0 Å². The summed E-state index contributed by atoms with van der Waals surface area (Å²) < 4.78 is 5.40. The molecule has 2 N–H and O–H groups in total. The predicted molar refractivity (Wildman–Crippen MR) is 59.5 cm³/mol. The van der Waals surface area contributed by atoms with Crippen LogP contribution >= 0.6 is 0 Å². The van der Waals surface area contributed by atoms with Gasteiger partial charge in [0, 0.05) is 24.7 Å². The zero-order valence-corrected chi connectivity index (χ0v) is 9.25. The van der Waals surface area contributed by atoms with Crippen LogP contribution in [0, 0.1) is 0 Å². The van der Waals surface area contributed by atoms with E-state index in [1.54, 1.807) is 0 Å². The third kappa shape index (κ3) is 4.22. The Labute approximate surface area is 86.9 Å². The van der Waals surface area contributed by atoms with Crippen molar-refractivity contribution in [3.63, 3.8) is 0 Å². The van der Waals surface area contributed by atoms with Crippen LogP contribution in [0.15, 0.2) is 12.7 Å². The van der Waals surface area contributed by atoms with Crippen molar-refractivity contribution in [2.24, 2.45) is 0 Å². The SMILES string of the molecule is C=CC(C)NC(C)CC1COCCN1. The Morgan fingerprint density at radius 2 is 2.43 bits per heavy atom. The minimum absolute atomic E-state index is 0.384. The maximum atomic E-state index is 5.40. The van der Waals surface area contributed by atoms with Gasteiger partial charge in [-0.25, -0.2) is 0 Å². The largest absolute Gasteiger partial charge is 0.379 e. The summed E-state index contributed by atoms with van der Waals surface area (Å²) in [5, 5.41) is 6.91. The van der Waals surface area contributed by atoms with Gasteiger partial charge in [0.2, 0.25) is 0 Å². The highest BCUT2D eigenvalue weighted by atomic mass is 16.5. The zero-order valence-electron chi connectivity index (χ0n) is 9.25. The lowest BCUT2D eigenvalue weighted by Crippen LogP contribution is -2.46. The van der Waals surface area contributed by atoms with E-state index >= 15 is 0 Å². The molecule has 1 aliphatic heterocycles. The van der Waals surface area contributed by atoms with E-state index in [4.69, 9.17) is 4.74 Å². The Morgan fingerprint density at radius 1 is 1.64 bits per heavy atom. The number of nitrogens with one attached hydrogen (secondary N) is 2. The van der Waals surface area contributed by atoms with Crippen LogP contribution in [0.3, 0.4) is 0 Å². The van der Waals surface area contributed by atoms with Crippen LogP contribution in [-0.2, 0) is 4.74 Å². The Morgan fingerprint density at radius 3 is 3.00 bits per heavy atom. The first-order valence-corrected chi connectivity index (χ1v) is 5.42. The first kappa shape index (κ1) is 11.7. The van der Waals surface area contributed by atoms with Crippen molar-refractivity contribution in [3.8, 4) is 0 Å². The van der Waals surface area contributed by atoms with E-state index in [0.717, 1.165) is 26.2 Å². The third-order valence-electron chi connectivity index (χ3n) is 2.54. The molecule has 1 aliphatic rings. The van der Waals surface area contributed by atoms with E-state index in [2.05, 4.69) is 31.1 Å². The van der Waals surface area contributed by atoms with Crippen molar-refractivity contribution in [3.05, 3.63) is 12.7 Å². The number of ether oxygens (including phenoxy) is 1. The number of hydrogen-bond donors (Lipinski definition) is 2. The second-order valence-corrected chi connectivity index (χ2v) is 4.05. The Bertz CT molecular complexity index is 167. The minimum Gasteiger partial charge on any atom is -0.379 e. The lowest BCUT2D eigenvalue weighted by Gasteiger charge is -2.27. The molecular formula is C11H22N2O. The predicted octanol–water partition coefficient (Wildman–Crippen LogP) is 0.917. The van der Waals surface area contributed by atoms with Crippen molar-refractivity contribution in [2.75, 3.05) is 19.8 Å². The summed E-state index contributed by atoms with van der Waals surface area (Å²) in [5.41, 5.74) is 0. The monoisotopic (exact) mass is 198 g/mol. The summed E-state index contributed by atoms with van der Waals surface area (Å²) in [6.07, 6.45) is 3.04. The van der Waals surface area contributed by atoms with E-state index in [-0.39, 0.29) is 0 Å². The van der Waals surface area contributed by atoms with Gasteiger partial charge in [-0.1, -0.05) is 6.08 Å². The highest BCUT2D eigenvalue weighted by Crippen LogP contribution is 2.03. The van der Waals surface area contributed by atoms with Crippen LogP contribution in [0.5, 0.6) is 0 Å². The molecule has 0 spiro atoms. The smallest absolute Gasteiger partial charge is 0.0620 e. The van der Waals surface area contributed by atoms with E-state index < -0.39 is 0 Å². The van der Waals surface area contributed by atoms with E-state index in [1.807, 2.05) is 6.08 Å². The van der Waals surface area contributed by atoms with Crippen molar-refractivity contribution in [1.82, 2.24) is 10.6 Å². The summed E-state index contributed by atoms with van der Waals surface area (Å²) in [6.45, 7) is 10.8. The highest BCUT2D eigenvalue weighted by Gasteiger charge is 2.16. The van der Waals surface area contributed by atoms with Gasteiger partial charge in [0.25, 0.3) is 0 Å². The molecule has 0 aromatic heterocycles. The van der Waals surface area contributed by atoms with E-state index in [9.17, 15) is 0 Å². The first-order chi connectivity index (χ1) is 6.72. The van der Waals surface area contributed by atoms with E-state index in [0.29, 0.717) is 18.1 Å². The summed E-state index contributed by atoms with van der Waals surface area (Å²) in [4.78, 5) is 0. The molecule has 0 bridgehead atoms. The molecule has 0 aliphatic carbocycles. The summed E-state index contributed by atoms with van der Waals surface area (Å²) >= 11 is 0. The van der Waals surface area contributed by atoms with Gasteiger partial charge in [0.1, 0.15) is 0 Å². The average molecular weight is 198 g/mol. The lowest BCUT2D eigenvalue weighted by molar-refractivity contribution is 0.0710. The van der Waals surface area contributed by atoms with Gasteiger partial charge in [-0.2, -0.15) is 0 Å². The minimum atomic E-state index is 0.384. The summed E-state index contributed by atoms with van der Waals surface area (Å²) in [5.74, 6) is 0. The Kier molecular flexibility index (Phi) is 5.15. The first-order valence-electron chi connectivity index (χ1n) is 5.42. The average Bonchev–Trinajstić information content (AvgIpc) is 2.19. The number of morpholine rings is 1. The highest BCUT2D eigenvalue weighted by molar-refractivity contribution is 4.85. The van der Waals surface area contributed by atoms with Crippen molar-refractivity contribution >= 4 is 0 Å². The van der Waals surface area contributed by atoms with Crippen LogP contribution in [0.2, 0.25) is 0 Å². The van der Waals surface area contributed by atoms with Gasteiger partial charge in [0.05, 0.1) is 13.2 Å². The second kappa shape index (κ2) is 6.17. The molecule has 0 amide bonds. The quantitative estimate of drug-likeness (QED) is 0.644. The number of hydrogen-bond acceptors (Lipinski definition) is 3. The molecule has 0 aromatic carbocycles. The molecule has 0 aromatic rings. The molecule has 1 heterocycles. The van der Waals surface area contributed by atoms with Crippen LogP contribution in [0.1, 0.15) is 20.3 Å². The van der Waals surface area contributed by atoms with Gasteiger partial charge in [-0.15, -0.1) is 6.58 Å². The maximum Gasteiger partial charge on any atom is 0.0620 e. The molecular weight excluding hydrogens is 176 g/mol. The summed E-state index contributed by atoms with van der Waals surface area (Å²) in [7, 11) is 0. The normalized spacial score (nSPS) is 26.9. The van der Waals surface area contributed by atoms with Gasteiger partial charge < -0.3 is 15.4 Å². The van der Waals surface area contributed by atoms with Crippen molar-refractivity contribution in [2.45, 2.75) is 38.4 Å². The molecule has 1 rings (SSSR count). The molecule has 3 atom stereocenters. The molecule has 0 saturated carbocycles. The van der Waals surface area contributed by atoms with Gasteiger partial charge in [0.15, 0.2) is 0 Å². The molecule has 3 heteroatoms. The van der Waals surface area contributed by atoms with Crippen LogP contribution in [-0.4, -0.2) is 37.9 Å². The Hall–Kier alpha value is -0.380. The van der Waals surface area contributed by atoms with Gasteiger partial charge in [-0.05, 0) is 20.3 Å². The third-order valence-corrected chi connectivity index (χ3v) is 2.54. The van der Waals surface area contributed by atoms with Crippen LogP contribution in [0.25, 0.3) is 0 Å². The summed E-state index contributed by atoms with van der Waals surface area (Å²) in [6, 6.07) is 1.39. The van der Waals surface area contributed by atoms with Crippen LogP contribution < -0.4 is 10.6 Å². The Balaban J connectivity index is 2.17. The van der Waals surface area contributed by atoms with Gasteiger partial charge >= 0.3 is 0 Å². The fraction of sp³-hybridized carbons (Fsp3) is 0.818. The fourth-order valence-corrected chi connectivity index (χ4v) is 1.78. The maximum absolute atomic E-state index is 5.40. The topological polar surface area (TPSA) is 33.3 Å². The molecule has 3 nitrogen and oxygen atoms in total. The second-order valence-electron chi connectivity index (χ2n) is 4.05. The molecule has 14 heavy (non-hydrogen) atoms. The molecule has 3 unspecified atom stereocenters. The van der Waals surface area contributed by atoms with Gasteiger partial charge in [-0.3, -0.25) is 0 Å². The van der Waals surface area contributed by atoms with E-state index in [1.165, 1.54) is 0 Å². The standard InChI is InChI=1S/C11H22N2O/c1-4-9(2)13-10(3)7-11-8-14-6-5-12-11/h4,9-13H,1,5-8H2,2-3H3. The molecule has 1 fully saturated rings. The molecule has 82 valence electrons.